The molecule has 5 heteroatoms. The predicted octanol–water partition coefficient (Wildman–Crippen LogP) is 4.10. The van der Waals surface area contributed by atoms with E-state index in [4.69, 9.17) is 12.2 Å². The van der Waals surface area contributed by atoms with E-state index in [2.05, 4.69) is 11.9 Å². The highest BCUT2D eigenvalue weighted by molar-refractivity contribution is 14.1. The standard InChI is InChI=1S/C12H12FIN2S/c1-6-2-7(6)5-16-11-3-8(13)9(14)4-10(11)15-12(16)17/h3-4,6-7H,2,5H2,1H3,(H,15,17). The van der Waals surface area contributed by atoms with Crippen molar-refractivity contribution in [3.8, 4) is 0 Å². The third-order valence-corrected chi connectivity index (χ3v) is 4.66. The van der Waals surface area contributed by atoms with Gasteiger partial charge in [-0.25, -0.2) is 4.39 Å². The quantitative estimate of drug-likeness (QED) is 0.630. The Morgan fingerprint density at radius 2 is 2.29 bits per heavy atom. The van der Waals surface area contributed by atoms with Crippen molar-refractivity contribution in [3.05, 3.63) is 26.3 Å². The van der Waals surface area contributed by atoms with Gasteiger partial charge in [-0.05, 0) is 59.1 Å². The number of benzene rings is 1. The Morgan fingerprint density at radius 1 is 1.59 bits per heavy atom. The van der Waals surface area contributed by atoms with E-state index in [9.17, 15) is 4.39 Å². The highest BCUT2D eigenvalue weighted by Crippen LogP contribution is 2.39. The predicted molar refractivity (Wildman–Crippen MR) is 77.1 cm³/mol. The highest BCUT2D eigenvalue weighted by Gasteiger charge is 2.33. The summed E-state index contributed by atoms with van der Waals surface area (Å²) in [5, 5.41) is 0. The number of aromatic amines is 1. The lowest BCUT2D eigenvalue weighted by molar-refractivity contribution is 0.595. The number of nitrogens with zero attached hydrogens (tertiary/aromatic N) is 1. The summed E-state index contributed by atoms with van der Waals surface area (Å²) < 4.78 is 16.9. The van der Waals surface area contributed by atoms with Crippen LogP contribution in [-0.4, -0.2) is 9.55 Å². The number of halogens is 2. The molecular formula is C12H12FIN2S. The van der Waals surface area contributed by atoms with Crippen molar-refractivity contribution in [2.75, 3.05) is 0 Å². The van der Waals surface area contributed by atoms with Gasteiger partial charge in [-0.15, -0.1) is 0 Å². The second kappa shape index (κ2) is 4.05. The van der Waals surface area contributed by atoms with Crippen LogP contribution < -0.4 is 0 Å². The molecule has 1 aromatic carbocycles. The minimum Gasteiger partial charge on any atom is -0.331 e. The Balaban J connectivity index is 2.13. The lowest BCUT2D eigenvalue weighted by Gasteiger charge is -2.03. The van der Waals surface area contributed by atoms with Crippen LogP contribution in [0.1, 0.15) is 13.3 Å². The van der Waals surface area contributed by atoms with Crippen molar-refractivity contribution in [2.24, 2.45) is 11.8 Å². The molecule has 0 saturated heterocycles. The lowest BCUT2D eigenvalue weighted by atomic mass is 10.3. The highest BCUT2D eigenvalue weighted by atomic mass is 127. The van der Waals surface area contributed by atoms with Crippen molar-refractivity contribution in [1.29, 1.82) is 0 Å². The molecule has 2 unspecified atom stereocenters. The van der Waals surface area contributed by atoms with Crippen LogP contribution >= 0.6 is 34.8 Å². The number of imidazole rings is 1. The third-order valence-electron chi connectivity index (χ3n) is 3.51. The molecule has 1 aromatic heterocycles. The van der Waals surface area contributed by atoms with Crippen molar-refractivity contribution >= 4 is 45.8 Å². The first-order valence-electron chi connectivity index (χ1n) is 5.64. The van der Waals surface area contributed by atoms with E-state index in [0.717, 1.165) is 23.5 Å². The van der Waals surface area contributed by atoms with Crippen LogP contribution in [0.2, 0.25) is 0 Å². The molecule has 17 heavy (non-hydrogen) atoms. The Morgan fingerprint density at radius 3 is 2.94 bits per heavy atom. The van der Waals surface area contributed by atoms with E-state index in [-0.39, 0.29) is 5.82 Å². The van der Waals surface area contributed by atoms with Gasteiger partial charge in [0.1, 0.15) is 5.82 Å². The Labute approximate surface area is 117 Å². The molecule has 0 spiro atoms. The molecule has 2 atom stereocenters. The number of aromatic nitrogens is 2. The Kier molecular flexibility index (Phi) is 2.77. The van der Waals surface area contributed by atoms with E-state index < -0.39 is 0 Å². The minimum atomic E-state index is -0.176. The summed E-state index contributed by atoms with van der Waals surface area (Å²) in [6.45, 7) is 3.15. The molecule has 1 heterocycles. The van der Waals surface area contributed by atoms with Gasteiger partial charge in [0.05, 0.1) is 14.6 Å². The fraction of sp³-hybridized carbons (Fsp3) is 0.417. The van der Waals surface area contributed by atoms with E-state index in [1.165, 1.54) is 6.42 Å². The second-order valence-electron chi connectivity index (χ2n) is 4.80. The summed E-state index contributed by atoms with van der Waals surface area (Å²) in [6, 6.07) is 3.39. The normalized spacial score (nSPS) is 23.2. The van der Waals surface area contributed by atoms with E-state index in [1.807, 2.05) is 33.2 Å². The van der Waals surface area contributed by atoms with Gasteiger partial charge < -0.3 is 9.55 Å². The number of nitrogens with one attached hydrogen (secondary N) is 1. The lowest BCUT2D eigenvalue weighted by Crippen LogP contribution is -2.01. The maximum atomic E-state index is 13.6. The van der Waals surface area contributed by atoms with Gasteiger partial charge in [0, 0.05) is 12.6 Å². The maximum Gasteiger partial charge on any atom is 0.178 e. The number of rotatable bonds is 2. The third kappa shape index (κ3) is 2.03. The number of hydrogen-bond donors (Lipinski definition) is 1. The molecule has 1 aliphatic carbocycles. The summed E-state index contributed by atoms with van der Waals surface area (Å²) in [7, 11) is 0. The zero-order valence-corrected chi connectivity index (χ0v) is 12.3. The molecule has 1 fully saturated rings. The van der Waals surface area contributed by atoms with Gasteiger partial charge in [-0.3, -0.25) is 0 Å². The number of H-pyrrole nitrogens is 1. The summed E-state index contributed by atoms with van der Waals surface area (Å²) in [5.41, 5.74) is 1.81. The molecule has 90 valence electrons. The van der Waals surface area contributed by atoms with Crippen LogP contribution in [0.25, 0.3) is 11.0 Å². The average molecular weight is 362 g/mol. The molecule has 3 rings (SSSR count). The smallest absolute Gasteiger partial charge is 0.178 e. The first-order chi connectivity index (χ1) is 8.06. The molecule has 2 nitrogen and oxygen atoms in total. The van der Waals surface area contributed by atoms with Gasteiger partial charge in [-0.2, -0.15) is 0 Å². The molecule has 0 aliphatic heterocycles. The maximum absolute atomic E-state index is 13.6. The van der Waals surface area contributed by atoms with Crippen molar-refractivity contribution in [1.82, 2.24) is 9.55 Å². The average Bonchev–Trinajstić information content (AvgIpc) is 2.88. The largest absolute Gasteiger partial charge is 0.331 e. The van der Waals surface area contributed by atoms with Crippen molar-refractivity contribution in [2.45, 2.75) is 19.9 Å². The van der Waals surface area contributed by atoms with Crippen LogP contribution in [-0.2, 0) is 6.54 Å². The van der Waals surface area contributed by atoms with Gasteiger partial charge in [0.25, 0.3) is 0 Å². The molecule has 2 aromatic rings. The van der Waals surface area contributed by atoms with E-state index in [1.54, 1.807) is 6.07 Å². The van der Waals surface area contributed by atoms with Crippen LogP contribution in [0.3, 0.4) is 0 Å². The SMILES string of the molecule is CC1CC1Cn1c(=S)[nH]c2cc(I)c(F)cc21. The topological polar surface area (TPSA) is 20.7 Å². The number of fused-ring (bicyclic) bond motifs is 1. The van der Waals surface area contributed by atoms with Gasteiger partial charge in [-0.1, -0.05) is 6.92 Å². The monoisotopic (exact) mass is 362 g/mol. The Hall–Kier alpha value is -0.430. The zero-order chi connectivity index (χ0) is 12.2. The summed E-state index contributed by atoms with van der Waals surface area (Å²) in [5.74, 6) is 1.29. The number of hydrogen-bond acceptors (Lipinski definition) is 1. The fourth-order valence-electron chi connectivity index (χ4n) is 2.22. The molecule has 1 N–H and O–H groups in total. The van der Waals surface area contributed by atoms with Gasteiger partial charge in [0.15, 0.2) is 4.77 Å². The van der Waals surface area contributed by atoms with E-state index in [0.29, 0.717) is 14.3 Å². The van der Waals surface area contributed by atoms with E-state index >= 15 is 0 Å². The first kappa shape index (κ1) is 11.6. The van der Waals surface area contributed by atoms with Gasteiger partial charge >= 0.3 is 0 Å². The fourth-order valence-corrected chi connectivity index (χ4v) is 2.97. The first-order valence-corrected chi connectivity index (χ1v) is 7.12. The molecule has 0 radical (unpaired) electrons. The zero-order valence-electron chi connectivity index (χ0n) is 9.34. The molecule has 0 amide bonds. The molecule has 1 saturated carbocycles. The summed E-state index contributed by atoms with van der Waals surface area (Å²) in [4.78, 5) is 3.15. The van der Waals surface area contributed by atoms with Crippen molar-refractivity contribution in [3.63, 3.8) is 0 Å². The second-order valence-corrected chi connectivity index (χ2v) is 6.35. The molecule has 1 aliphatic rings. The molecular weight excluding hydrogens is 350 g/mol. The summed E-state index contributed by atoms with van der Waals surface area (Å²) >= 11 is 7.30. The summed E-state index contributed by atoms with van der Waals surface area (Å²) in [6.07, 6.45) is 1.25. The van der Waals surface area contributed by atoms with Crippen LogP contribution in [0.4, 0.5) is 4.39 Å². The van der Waals surface area contributed by atoms with Crippen LogP contribution in [0.5, 0.6) is 0 Å². The minimum absolute atomic E-state index is 0.176. The van der Waals surface area contributed by atoms with Crippen molar-refractivity contribution < 1.29 is 4.39 Å². The molecule has 0 bridgehead atoms. The Bertz CT molecular complexity index is 646. The van der Waals surface area contributed by atoms with Gasteiger partial charge in [0.2, 0.25) is 0 Å². The van der Waals surface area contributed by atoms with Crippen LogP contribution in [0, 0.1) is 26.0 Å². The van der Waals surface area contributed by atoms with Crippen LogP contribution in [0.15, 0.2) is 12.1 Å².